The Morgan fingerprint density at radius 3 is 2.06 bits per heavy atom. The standard InChI is InChI=1S/C26H22N4O2/c1-3-32-26(31)25(30-19-28-23-12-8-5-9-13-23)17-21-16-24(15-14-20(21)2)29-18-27-22-10-6-4-7-11-22/h4-17H,3H2,1-2H3/b25-17-. The van der Waals surface area contributed by atoms with Gasteiger partial charge in [-0.2, -0.15) is 20.0 Å². The number of carbonyl (C=O) groups excluding carboxylic acids is 1. The summed E-state index contributed by atoms with van der Waals surface area (Å²) in [5.74, 6) is -0.554. The second-order valence-corrected chi connectivity index (χ2v) is 6.61. The Kier molecular flexibility index (Phi) is 8.18. The van der Waals surface area contributed by atoms with E-state index in [0.717, 1.165) is 16.8 Å². The molecule has 3 aromatic carbocycles. The van der Waals surface area contributed by atoms with Crippen LogP contribution in [0.3, 0.4) is 0 Å². The van der Waals surface area contributed by atoms with Gasteiger partial charge in [0.05, 0.1) is 23.7 Å². The van der Waals surface area contributed by atoms with Crippen LogP contribution in [0.5, 0.6) is 0 Å². The minimum atomic E-state index is -0.554. The first-order valence-corrected chi connectivity index (χ1v) is 10.1. The fourth-order valence-electron chi connectivity index (χ4n) is 2.62. The normalized spacial score (nSPS) is 10.4. The highest BCUT2D eigenvalue weighted by atomic mass is 16.5. The van der Waals surface area contributed by atoms with Crippen LogP contribution in [0, 0.1) is 6.92 Å². The minimum absolute atomic E-state index is 0.0914. The fraction of sp³-hybridized carbons (Fsp3) is 0.115. The largest absolute Gasteiger partial charge is 0.461 e. The number of para-hydroxylation sites is 2. The van der Waals surface area contributed by atoms with Crippen molar-refractivity contribution in [2.75, 3.05) is 6.61 Å². The summed E-state index contributed by atoms with van der Waals surface area (Å²) in [6, 6.07) is 29.6. The summed E-state index contributed by atoms with van der Waals surface area (Å²) in [5.41, 5.74) is 3.90. The second kappa shape index (κ2) is 11.7. The van der Waals surface area contributed by atoms with Gasteiger partial charge in [0.1, 0.15) is 12.0 Å². The quantitative estimate of drug-likeness (QED) is 0.246. The lowest BCUT2D eigenvalue weighted by Gasteiger charge is -2.04. The molecule has 0 saturated heterocycles. The molecule has 0 atom stereocenters. The molecule has 158 valence electrons. The maximum atomic E-state index is 12.4. The van der Waals surface area contributed by atoms with Gasteiger partial charge < -0.3 is 4.74 Å². The monoisotopic (exact) mass is 422 g/mol. The molecule has 0 heterocycles. The predicted octanol–water partition coefficient (Wildman–Crippen LogP) is 6.54. The minimum Gasteiger partial charge on any atom is -0.461 e. The summed E-state index contributed by atoms with van der Waals surface area (Å²) in [6.45, 7) is 3.91. The van der Waals surface area contributed by atoms with Gasteiger partial charge in [0.25, 0.3) is 0 Å². The highest BCUT2D eigenvalue weighted by molar-refractivity contribution is 5.94. The molecule has 0 saturated carbocycles. The van der Waals surface area contributed by atoms with Gasteiger partial charge in [-0.05, 0) is 67.4 Å². The zero-order valence-corrected chi connectivity index (χ0v) is 17.9. The number of hydrogen-bond acceptors (Lipinski definition) is 6. The van der Waals surface area contributed by atoms with Crippen LogP contribution >= 0.6 is 0 Å². The summed E-state index contributed by atoms with van der Waals surface area (Å²) in [7, 11) is 0. The van der Waals surface area contributed by atoms with Crippen LogP contribution < -0.4 is 0 Å². The second-order valence-electron chi connectivity index (χ2n) is 6.61. The lowest BCUT2D eigenvalue weighted by Crippen LogP contribution is -2.06. The Morgan fingerprint density at radius 2 is 1.44 bits per heavy atom. The first-order chi connectivity index (χ1) is 15.7. The van der Waals surface area contributed by atoms with Crippen LogP contribution in [0.25, 0.3) is 6.08 Å². The smallest absolute Gasteiger partial charge is 0.357 e. The van der Waals surface area contributed by atoms with Gasteiger partial charge in [0, 0.05) is 0 Å². The van der Waals surface area contributed by atoms with Crippen LogP contribution in [0.2, 0.25) is 0 Å². The van der Waals surface area contributed by atoms with Crippen molar-refractivity contribution in [1.82, 2.24) is 0 Å². The molecule has 0 aromatic heterocycles. The molecule has 0 amide bonds. The molecule has 32 heavy (non-hydrogen) atoms. The summed E-state index contributed by atoms with van der Waals surface area (Å²) >= 11 is 0. The van der Waals surface area contributed by atoms with E-state index in [1.807, 2.05) is 85.8 Å². The van der Waals surface area contributed by atoms with E-state index >= 15 is 0 Å². The Morgan fingerprint density at radius 1 is 0.844 bits per heavy atom. The average Bonchev–Trinajstić information content (AvgIpc) is 2.82. The number of aryl methyl sites for hydroxylation is 1. The van der Waals surface area contributed by atoms with E-state index in [4.69, 9.17) is 4.74 Å². The molecule has 0 spiro atoms. The van der Waals surface area contributed by atoms with Crippen molar-refractivity contribution >= 4 is 41.1 Å². The van der Waals surface area contributed by atoms with Gasteiger partial charge in [-0.25, -0.2) is 4.79 Å². The SMILES string of the molecule is CCOC(=O)/C(=C/c1cc(N=C=Nc2ccccc2)ccc1C)N=C=Nc1ccccc1. The number of rotatable bonds is 7. The molecule has 0 bridgehead atoms. The van der Waals surface area contributed by atoms with E-state index < -0.39 is 5.97 Å². The van der Waals surface area contributed by atoms with Gasteiger partial charge in [-0.15, -0.1) is 0 Å². The summed E-state index contributed by atoms with van der Waals surface area (Å²) in [6.07, 6.45) is 1.63. The third kappa shape index (κ3) is 6.85. The molecule has 0 unspecified atom stereocenters. The molecular formula is C26H22N4O2. The Hall–Kier alpha value is -4.37. The van der Waals surface area contributed by atoms with Crippen molar-refractivity contribution in [3.8, 4) is 0 Å². The van der Waals surface area contributed by atoms with E-state index in [9.17, 15) is 4.79 Å². The van der Waals surface area contributed by atoms with Crippen LogP contribution in [-0.2, 0) is 9.53 Å². The molecule has 0 fully saturated rings. The van der Waals surface area contributed by atoms with E-state index in [1.165, 1.54) is 0 Å². The first-order valence-electron chi connectivity index (χ1n) is 10.1. The molecule has 6 heteroatoms. The molecular weight excluding hydrogens is 400 g/mol. The van der Waals surface area contributed by atoms with Crippen molar-refractivity contribution in [3.63, 3.8) is 0 Å². The number of nitrogens with zero attached hydrogens (tertiary/aromatic N) is 4. The van der Waals surface area contributed by atoms with Crippen molar-refractivity contribution in [3.05, 3.63) is 95.7 Å². The van der Waals surface area contributed by atoms with Crippen LogP contribution in [-0.4, -0.2) is 24.6 Å². The zero-order chi connectivity index (χ0) is 22.6. The van der Waals surface area contributed by atoms with Gasteiger partial charge in [0.2, 0.25) is 0 Å². The van der Waals surface area contributed by atoms with Crippen molar-refractivity contribution in [1.29, 1.82) is 0 Å². The van der Waals surface area contributed by atoms with Crippen LogP contribution in [0.4, 0.5) is 17.1 Å². The summed E-state index contributed by atoms with van der Waals surface area (Å²) in [5, 5.41) is 0. The van der Waals surface area contributed by atoms with E-state index in [2.05, 4.69) is 32.0 Å². The molecule has 3 aromatic rings. The lowest BCUT2D eigenvalue weighted by atomic mass is 10.1. The maximum Gasteiger partial charge on any atom is 0.357 e. The fourth-order valence-corrected chi connectivity index (χ4v) is 2.62. The molecule has 0 aliphatic rings. The molecule has 0 aliphatic heterocycles. The van der Waals surface area contributed by atoms with Crippen LogP contribution in [0.15, 0.2) is 105 Å². The van der Waals surface area contributed by atoms with Crippen molar-refractivity contribution < 1.29 is 9.53 Å². The van der Waals surface area contributed by atoms with Gasteiger partial charge >= 0.3 is 5.97 Å². The number of carbonyl (C=O) groups is 1. The van der Waals surface area contributed by atoms with E-state index in [-0.39, 0.29) is 12.3 Å². The van der Waals surface area contributed by atoms with Gasteiger partial charge in [0.15, 0.2) is 5.70 Å². The summed E-state index contributed by atoms with van der Waals surface area (Å²) < 4.78 is 5.13. The number of ether oxygens (including phenoxy) is 1. The highest BCUT2D eigenvalue weighted by Gasteiger charge is 2.10. The third-order valence-electron chi connectivity index (χ3n) is 4.26. The van der Waals surface area contributed by atoms with E-state index in [1.54, 1.807) is 13.0 Å². The molecule has 3 rings (SSSR count). The van der Waals surface area contributed by atoms with Crippen molar-refractivity contribution in [2.45, 2.75) is 13.8 Å². The highest BCUT2D eigenvalue weighted by Crippen LogP contribution is 2.21. The molecule has 0 radical (unpaired) electrons. The third-order valence-corrected chi connectivity index (χ3v) is 4.26. The summed E-state index contributed by atoms with van der Waals surface area (Å²) in [4.78, 5) is 29.1. The molecule has 0 aliphatic carbocycles. The number of hydrogen-bond donors (Lipinski definition) is 0. The van der Waals surface area contributed by atoms with Crippen molar-refractivity contribution in [2.24, 2.45) is 20.0 Å². The zero-order valence-electron chi connectivity index (χ0n) is 17.9. The molecule has 6 nitrogen and oxygen atoms in total. The topological polar surface area (TPSA) is 75.7 Å². The van der Waals surface area contributed by atoms with Gasteiger partial charge in [-0.3, -0.25) is 0 Å². The number of benzene rings is 3. The lowest BCUT2D eigenvalue weighted by molar-refractivity contribution is -0.138. The van der Waals surface area contributed by atoms with Gasteiger partial charge in [-0.1, -0.05) is 42.5 Å². The first kappa shape index (κ1) is 22.3. The number of esters is 1. The van der Waals surface area contributed by atoms with E-state index in [0.29, 0.717) is 11.4 Å². The average molecular weight is 422 g/mol. The Bertz CT molecular complexity index is 1220. The number of aliphatic imine (C=N–C) groups is 4. The van der Waals surface area contributed by atoms with Crippen LogP contribution in [0.1, 0.15) is 18.1 Å². The predicted molar refractivity (Wildman–Crippen MR) is 127 cm³/mol. The Balaban J connectivity index is 1.92. The Labute approximate surface area is 187 Å². The maximum absolute atomic E-state index is 12.4. The molecule has 0 N–H and O–H groups in total.